The molecule has 0 aliphatic rings. The molecule has 0 bridgehead atoms. The lowest BCUT2D eigenvalue weighted by Crippen LogP contribution is -2.46. The summed E-state index contributed by atoms with van der Waals surface area (Å²) >= 11 is 0. The fraction of sp³-hybridized carbons (Fsp3) is 0.932. The zero-order chi connectivity index (χ0) is 47.4. The van der Waals surface area contributed by atoms with Crippen LogP contribution in [0.5, 0.6) is 0 Å². The van der Waals surface area contributed by atoms with Gasteiger partial charge in [0.1, 0.15) is 6.10 Å². The molecule has 0 aromatic heterocycles. The van der Waals surface area contributed by atoms with E-state index >= 15 is 0 Å². The Kier molecular flexibility index (Phi) is 52.4. The van der Waals surface area contributed by atoms with E-state index in [1.165, 1.54) is 231 Å². The largest absolute Gasteiger partial charge is 0.462 e. The number of ether oxygens (including phenoxy) is 1. The molecular weight excluding hydrogens is 803 g/mol. The molecule has 1 amide bonds. The first-order valence-corrected chi connectivity index (χ1v) is 29.4. The number of carbonyl (C=O) groups is 2. The van der Waals surface area contributed by atoms with Gasteiger partial charge < -0.3 is 20.3 Å². The van der Waals surface area contributed by atoms with Crippen LogP contribution in [0.4, 0.5) is 0 Å². The van der Waals surface area contributed by atoms with Crippen LogP contribution in [0.25, 0.3) is 0 Å². The summed E-state index contributed by atoms with van der Waals surface area (Å²) in [6.45, 7) is 6.53. The van der Waals surface area contributed by atoms with Crippen LogP contribution in [0.15, 0.2) is 12.2 Å². The number of carbonyl (C=O) groups excluding carboxylic acids is 2. The number of aliphatic hydroxyl groups excluding tert-OH is 2. The lowest BCUT2D eigenvalue weighted by Gasteiger charge is -2.24. The number of allylic oxidation sites excluding steroid dienone is 2. The average molecular weight is 919 g/mol. The summed E-state index contributed by atoms with van der Waals surface area (Å²) in [7, 11) is 0. The Hall–Kier alpha value is -1.40. The third kappa shape index (κ3) is 48.9. The van der Waals surface area contributed by atoms with E-state index in [1.54, 1.807) is 0 Å². The van der Waals surface area contributed by atoms with Gasteiger partial charge in [0, 0.05) is 6.42 Å². The molecule has 0 saturated carbocycles. The van der Waals surface area contributed by atoms with Crippen LogP contribution in [-0.2, 0) is 14.3 Å². The number of amides is 1. The molecule has 0 fully saturated rings. The van der Waals surface area contributed by atoms with Crippen molar-refractivity contribution in [2.45, 2.75) is 347 Å². The standard InChI is InChI=1S/C59H115NO5/c1-4-7-10-13-16-19-22-25-28-29-31-33-36-39-42-45-48-51-57(62)56(54-61)60-58(63)53-55(50-47-44-41-38-35-32-30-26-23-20-17-14-11-8-5-2)65-59(64)52-49-46-43-40-37-34-27-24-21-18-15-12-9-6-3/h34,37,55-57,61-62H,4-33,35-36,38-54H2,1-3H3,(H,60,63)/b37-34-. The zero-order valence-corrected chi connectivity index (χ0v) is 44.2. The topological polar surface area (TPSA) is 95.9 Å². The van der Waals surface area contributed by atoms with Gasteiger partial charge in [-0.1, -0.05) is 277 Å². The van der Waals surface area contributed by atoms with Gasteiger partial charge in [-0.05, 0) is 51.4 Å². The molecule has 3 N–H and O–H groups in total. The number of nitrogens with one attached hydrogen (secondary N) is 1. The quantitative estimate of drug-likeness (QED) is 0.0321. The molecule has 0 heterocycles. The molecule has 6 nitrogen and oxygen atoms in total. The molecule has 0 rings (SSSR count). The van der Waals surface area contributed by atoms with Crippen LogP contribution in [0.3, 0.4) is 0 Å². The van der Waals surface area contributed by atoms with Gasteiger partial charge in [-0.15, -0.1) is 0 Å². The maximum absolute atomic E-state index is 13.3. The maximum Gasteiger partial charge on any atom is 0.306 e. The normalized spacial score (nSPS) is 13.1. The van der Waals surface area contributed by atoms with Crippen LogP contribution in [-0.4, -0.2) is 46.9 Å². The Labute approximate surface area is 406 Å². The van der Waals surface area contributed by atoms with Gasteiger partial charge in [0.25, 0.3) is 0 Å². The SMILES string of the molecule is CCCCCCCCC/C=C\CCCCCC(=O)OC(CCCCCCCCCCCCCCCCC)CC(=O)NC(CO)C(O)CCCCCCCCCCCCCCCCCCC. The van der Waals surface area contributed by atoms with Crippen LogP contribution in [0.2, 0.25) is 0 Å². The molecule has 65 heavy (non-hydrogen) atoms. The molecule has 0 aromatic carbocycles. The number of unbranched alkanes of at least 4 members (excludes halogenated alkanes) is 40. The second-order valence-corrected chi connectivity index (χ2v) is 20.4. The second-order valence-electron chi connectivity index (χ2n) is 20.4. The van der Waals surface area contributed by atoms with E-state index < -0.39 is 18.2 Å². The molecule has 0 aromatic rings. The fourth-order valence-electron chi connectivity index (χ4n) is 9.37. The van der Waals surface area contributed by atoms with Crippen molar-refractivity contribution in [3.8, 4) is 0 Å². The van der Waals surface area contributed by atoms with Crippen molar-refractivity contribution in [1.82, 2.24) is 5.32 Å². The van der Waals surface area contributed by atoms with E-state index in [4.69, 9.17) is 4.74 Å². The first kappa shape index (κ1) is 63.6. The first-order chi connectivity index (χ1) is 32.0. The average Bonchev–Trinajstić information content (AvgIpc) is 3.30. The van der Waals surface area contributed by atoms with Gasteiger partial charge in [0.2, 0.25) is 5.91 Å². The van der Waals surface area contributed by atoms with Crippen LogP contribution in [0, 0.1) is 0 Å². The molecular formula is C59H115NO5. The number of hydrogen-bond acceptors (Lipinski definition) is 5. The van der Waals surface area contributed by atoms with Gasteiger partial charge in [0.05, 0.1) is 25.2 Å². The lowest BCUT2D eigenvalue weighted by atomic mass is 10.0. The summed E-state index contributed by atoms with van der Waals surface area (Å²) in [5.74, 6) is -0.469. The third-order valence-electron chi connectivity index (χ3n) is 13.8. The fourth-order valence-corrected chi connectivity index (χ4v) is 9.37. The summed E-state index contributed by atoms with van der Waals surface area (Å²) in [4.78, 5) is 26.3. The molecule has 0 aliphatic heterocycles. The van der Waals surface area contributed by atoms with Crippen LogP contribution in [0.1, 0.15) is 329 Å². The van der Waals surface area contributed by atoms with E-state index in [9.17, 15) is 19.8 Å². The summed E-state index contributed by atoms with van der Waals surface area (Å²) < 4.78 is 5.96. The highest BCUT2D eigenvalue weighted by molar-refractivity contribution is 5.77. The van der Waals surface area contributed by atoms with Crippen molar-refractivity contribution in [1.29, 1.82) is 0 Å². The minimum absolute atomic E-state index is 0.0796. The summed E-state index contributed by atoms with van der Waals surface area (Å²) in [5.41, 5.74) is 0. The highest BCUT2D eigenvalue weighted by Gasteiger charge is 2.24. The summed E-state index contributed by atoms with van der Waals surface area (Å²) in [5, 5.41) is 23.9. The molecule has 0 spiro atoms. The summed E-state index contributed by atoms with van der Waals surface area (Å²) in [6.07, 6.45) is 61.4. The van der Waals surface area contributed by atoms with Crippen molar-refractivity contribution < 1.29 is 24.5 Å². The van der Waals surface area contributed by atoms with Crippen molar-refractivity contribution in [2.75, 3.05) is 6.61 Å². The van der Waals surface area contributed by atoms with Gasteiger partial charge in [0.15, 0.2) is 0 Å². The Morgan fingerprint density at radius 2 is 0.738 bits per heavy atom. The van der Waals surface area contributed by atoms with Crippen molar-refractivity contribution in [2.24, 2.45) is 0 Å². The highest BCUT2D eigenvalue weighted by Crippen LogP contribution is 2.19. The van der Waals surface area contributed by atoms with Crippen molar-refractivity contribution >= 4 is 11.9 Å². The van der Waals surface area contributed by atoms with Crippen LogP contribution >= 0.6 is 0 Å². The minimum atomic E-state index is -0.785. The van der Waals surface area contributed by atoms with Gasteiger partial charge in [-0.2, -0.15) is 0 Å². The number of esters is 1. The first-order valence-electron chi connectivity index (χ1n) is 29.4. The van der Waals surface area contributed by atoms with Crippen molar-refractivity contribution in [3.05, 3.63) is 12.2 Å². The second kappa shape index (κ2) is 53.6. The number of rotatable bonds is 54. The van der Waals surface area contributed by atoms with E-state index in [2.05, 4.69) is 38.2 Å². The van der Waals surface area contributed by atoms with Gasteiger partial charge in [-0.25, -0.2) is 0 Å². The molecule has 0 saturated heterocycles. The van der Waals surface area contributed by atoms with E-state index in [1.807, 2.05) is 0 Å². The highest BCUT2D eigenvalue weighted by atomic mass is 16.5. The molecule has 0 radical (unpaired) electrons. The molecule has 386 valence electrons. The molecule has 3 unspecified atom stereocenters. The van der Waals surface area contributed by atoms with Gasteiger partial charge in [-0.3, -0.25) is 9.59 Å². The number of hydrogen-bond donors (Lipinski definition) is 3. The Morgan fingerprint density at radius 3 is 1.09 bits per heavy atom. The van der Waals surface area contributed by atoms with E-state index in [-0.39, 0.29) is 24.9 Å². The van der Waals surface area contributed by atoms with Gasteiger partial charge >= 0.3 is 5.97 Å². The smallest absolute Gasteiger partial charge is 0.306 e. The Morgan fingerprint density at radius 1 is 0.431 bits per heavy atom. The molecule has 3 atom stereocenters. The molecule has 0 aliphatic carbocycles. The predicted molar refractivity (Wildman–Crippen MR) is 283 cm³/mol. The minimum Gasteiger partial charge on any atom is -0.462 e. The Bertz CT molecular complexity index is 986. The lowest BCUT2D eigenvalue weighted by molar-refractivity contribution is -0.151. The molecule has 6 heteroatoms. The van der Waals surface area contributed by atoms with Crippen LogP contribution < -0.4 is 5.32 Å². The summed E-state index contributed by atoms with van der Waals surface area (Å²) in [6, 6.07) is -0.699. The number of aliphatic hydroxyl groups is 2. The predicted octanol–water partition coefficient (Wildman–Crippen LogP) is 18.1. The van der Waals surface area contributed by atoms with E-state index in [0.29, 0.717) is 19.3 Å². The maximum atomic E-state index is 13.3. The zero-order valence-electron chi connectivity index (χ0n) is 44.2. The third-order valence-corrected chi connectivity index (χ3v) is 13.8. The van der Waals surface area contributed by atoms with E-state index in [0.717, 1.165) is 51.4 Å². The Balaban J connectivity index is 4.49. The monoisotopic (exact) mass is 918 g/mol. The van der Waals surface area contributed by atoms with Crippen molar-refractivity contribution in [3.63, 3.8) is 0 Å².